The molecule has 100 valence electrons. The van der Waals surface area contributed by atoms with Crippen LogP contribution in [0.1, 0.15) is 12.5 Å². The molecule has 0 spiro atoms. The Kier molecular flexibility index (Phi) is 4.82. The molecule has 0 saturated carbocycles. The molecule has 1 amide bonds. The Bertz CT molecular complexity index is 530. The Morgan fingerprint density at radius 1 is 1.16 bits per heavy atom. The molecule has 1 rings (SSSR count). The number of hydrogen-bond donors (Lipinski definition) is 3. The summed E-state index contributed by atoms with van der Waals surface area (Å²) in [6.07, 6.45) is 0.723. The van der Waals surface area contributed by atoms with Crippen molar-refractivity contribution in [2.24, 2.45) is 0 Å². The summed E-state index contributed by atoms with van der Waals surface area (Å²) in [6.45, 7) is 1.39. The van der Waals surface area contributed by atoms with Crippen molar-refractivity contribution < 1.29 is 24.6 Å². The second-order valence-corrected chi connectivity index (χ2v) is 3.89. The lowest BCUT2D eigenvalue weighted by atomic mass is 10.1. The normalized spacial score (nSPS) is 10.9. The fourth-order valence-corrected chi connectivity index (χ4v) is 1.36. The van der Waals surface area contributed by atoms with Gasteiger partial charge in [0.1, 0.15) is 0 Å². The van der Waals surface area contributed by atoms with E-state index < -0.39 is 17.8 Å². The molecule has 0 aromatic heterocycles. The van der Waals surface area contributed by atoms with Crippen LogP contribution in [0.25, 0.3) is 0 Å². The highest BCUT2D eigenvalue weighted by atomic mass is 16.4. The number of nitrogens with one attached hydrogen (secondary N) is 1. The minimum absolute atomic E-state index is 0.0714. The van der Waals surface area contributed by atoms with Gasteiger partial charge in [0, 0.05) is 17.3 Å². The number of anilines is 1. The van der Waals surface area contributed by atoms with Gasteiger partial charge in [-0.05, 0) is 24.6 Å². The Balaban J connectivity index is 2.70. The number of rotatable bonds is 5. The molecule has 3 N–H and O–H groups in total. The maximum absolute atomic E-state index is 11.6. The predicted molar refractivity (Wildman–Crippen MR) is 67.8 cm³/mol. The number of aliphatic carboxylic acids is 2. The topological polar surface area (TPSA) is 104 Å². The maximum atomic E-state index is 11.6. The molecule has 6 heteroatoms. The third-order valence-corrected chi connectivity index (χ3v) is 2.27. The smallest absolute Gasteiger partial charge is 0.328 e. The van der Waals surface area contributed by atoms with Crippen LogP contribution in [0.15, 0.2) is 35.9 Å². The van der Waals surface area contributed by atoms with Gasteiger partial charge in [-0.3, -0.25) is 9.59 Å². The Morgan fingerprint density at radius 2 is 1.74 bits per heavy atom. The van der Waals surface area contributed by atoms with E-state index >= 15 is 0 Å². The minimum Gasteiger partial charge on any atom is -0.481 e. The number of hydrogen-bond acceptors (Lipinski definition) is 3. The first kappa shape index (κ1) is 14.4. The van der Waals surface area contributed by atoms with Crippen molar-refractivity contribution in [3.8, 4) is 0 Å². The van der Waals surface area contributed by atoms with Crippen LogP contribution in [0.5, 0.6) is 0 Å². The van der Waals surface area contributed by atoms with Crippen molar-refractivity contribution in [2.45, 2.75) is 13.3 Å². The number of benzene rings is 1. The van der Waals surface area contributed by atoms with Crippen LogP contribution in [0, 0.1) is 0 Å². The van der Waals surface area contributed by atoms with Crippen molar-refractivity contribution in [2.75, 3.05) is 5.32 Å². The Labute approximate surface area is 109 Å². The van der Waals surface area contributed by atoms with Crippen LogP contribution in [-0.4, -0.2) is 28.1 Å². The van der Waals surface area contributed by atoms with E-state index in [0.717, 1.165) is 6.08 Å². The summed E-state index contributed by atoms with van der Waals surface area (Å²) in [5, 5.41) is 19.6. The van der Waals surface area contributed by atoms with Crippen molar-refractivity contribution in [1.82, 2.24) is 0 Å². The predicted octanol–water partition coefficient (Wildman–Crippen LogP) is 1.28. The lowest BCUT2D eigenvalue weighted by molar-refractivity contribution is -0.136. The summed E-state index contributed by atoms with van der Waals surface area (Å²) in [7, 11) is 0. The highest BCUT2D eigenvalue weighted by molar-refractivity contribution is 6.06. The summed E-state index contributed by atoms with van der Waals surface area (Å²) in [5.41, 5.74) is 1.16. The highest BCUT2D eigenvalue weighted by Crippen LogP contribution is 2.11. The SMILES string of the molecule is C/C(=C\C(=O)O)C(=O)Nc1ccc(CC(=O)O)cc1. The van der Waals surface area contributed by atoms with Gasteiger partial charge in [-0.15, -0.1) is 0 Å². The van der Waals surface area contributed by atoms with E-state index in [1.165, 1.54) is 6.92 Å². The maximum Gasteiger partial charge on any atom is 0.328 e. The number of carbonyl (C=O) groups is 3. The number of amides is 1. The standard InChI is InChI=1S/C13H13NO5/c1-8(6-11(15)16)13(19)14-10-4-2-9(3-5-10)7-12(17)18/h2-6H,7H2,1H3,(H,14,19)(H,15,16)(H,17,18)/b8-6+. The first-order chi connectivity index (χ1) is 8.88. The van der Waals surface area contributed by atoms with Crippen molar-refractivity contribution in [1.29, 1.82) is 0 Å². The van der Waals surface area contributed by atoms with Gasteiger partial charge >= 0.3 is 11.9 Å². The molecule has 0 atom stereocenters. The largest absolute Gasteiger partial charge is 0.481 e. The average Bonchev–Trinajstić information content (AvgIpc) is 2.30. The molecular weight excluding hydrogens is 250 g/mol. The molecular formula is C13H13NO5. The van der Waals surface area contributed by atoms with Gasteiger partial charge < -0.3 is 15.5 Å². The molecule has 1 aromatic carbocycles. The number of carbonyl (C=O) groups excluding carboxylic acids is 1. The zero-order chi connectivity index (χ0) is 14.4. The minimum atomic E-state index is -1.19. The molecule has 19 heavy (non-hydrogen) atoms. The first-order valence-corrected chi connectivity index (χ1v) is 5.42. The van der Waals surface area contributed by atoms with Crippen LogP contribution in [-0.2, 0) is 20.8 Å². The Morgan fingerprint density at radius 3 is 2.21 bits per heavy atom. The van der Waals surface area contributed by atoms with Gasteiger partial charge in [0.2, 0.25) is 0 Å². The third-order valence-electron chi connectivity index (χ3n) is 2.27. The van der Waals surface area contributed by atoms with Gasteiger partial charge in [-0.2, -0.15) is 0 Å². The van der Waals surface area contributed by atoms with Gasteiger partial charge in [-0.1, -0.05) is 12.1 Å². The lowest BCUT2D eigenvalue weighted by Gasteiger charge is -2.05. The number of carboxylic acids is 2. The quantitative estimate of drug-likeness (QED) is 0.694. The molecule has 0 unspecified atom stereocenters. The Hall–Kier alpha value is -2.63. The summed E-state index contributed by atoms with van der Waals surface area (Å²) in [4.78, 5) is 32.5. The molecule has 6 nitrogen and oxygen atoms in total. The van der Waals surface area contributed by atoms with E-state index in [1.807, 2.05) is 0 Å². The summed E-state index contributed by atoms with van der Waals surface area (Å²) in [6, 6.07) is 6.29. The molecule has 0 fully saturated rings. The second kappa shape index (κ2) is 6.34. The van der Waals surface area contributed by atoms with E-state index in [-0.39, 0.29) is 12.0 Å². The van der Waals surface area contributed by atoms with Crippen molar-refractivity contribution >= 4 is 23.5 Å². The lowest BCUT2D eigenvalue weighted by Crippen LogP contribution is -2.13. The third kappa shape index (κ3) is 5.03. The van der Waals surface area contributed by atoms with E-state index in [1.54, 1.807) is 24.3 Å². The van der Waals surface area contributed by atoms with E-state index in [4.69, 9.17) is 10.2 Å². The molecule has 0 bridgehead atoms. The van der Waals surface area contributed by atoms with E-state index in [0.29, 0.717) is 11.3 Å². The van der Waals surface area contributed by atoms with Crippen LogP contribution in [0.3, 0.4) is 0 Å². The summed E-state index contributed by atoms with van der Waals surface area (Å²) in [5.74, 6) is -2.64. The van der Waals surface area contributed by atoms with Crippen LogP contribution in [0.2, 0.25) is 0 Å². The fraction of sp³-hybridized carbons (Fsp3) is 0.154. The van der Waals surface area contributed by atoms with Crippen molar-refractivity contribution in [3.63, 3.8) is 0 Å². The average molecular weight is 263 g/mol. The van der Waals surface area contributed by atoms with Gasteiger partial charge in [0.05, 0.1) is 6.42 Å². The zero-order valence-corrected chi connectivity index (χ0v) is 10.2. The van der Waals surface area contributed by atoms with Crippen LogP contribution >= 0.6 is 0 Å². The van der Waals surface area contributed by atoms with E-state index in [2.05, 4.69) is 5.32 Å². The molecule has 0 saturated heterocycles. The molecule has 0 aliphatic carbocycles. The van der Waals surface area contributed by atoms with Crippen LogP contribution < -0.4 is 5.32 Å². The van der Waals surface area contributed by atoms with Gasteiger partial charge in [-0.25, -0.2) is 4.79 Å². The number of carboxylic acid groups (broad SMARTS) is 2. The summed E-state index contributed by atoms with van der Waals surface area (Å²) < 4.78 is 0. The van der Waals surface area contributed by atoms with Crippen LogP contribution in [0.4, 0.5) is 5.69 Å². The fourth-order valence-electron chi connectivity index (χ4n) is 1.36. The molecule has 1 aromatic rings. The van der Waals surface area contributed by atoms with Crippen molar-refractivity contribution in [3.05, 3.63) is 41.5 Å². The zero-order valence-electron chi connectivity index (χ0n) is 10.2. The molecule has 0 aliphatic heterocycles. The highest BCUT2D eigenvalue weighted by Gasteiger charge is 2.07. The van der Waals surface area contributed by atoms with Gasteiger partial charge in [0.25, 0.3) is 5.91 Å². The van der Waals surface area contributed by atoms with E-state index in [9.17, 15) is 14.4 Å². The molecule has 0 aliphatic rings. The molecule has 0 radical (unpaired) electrons. The van der Waals surface area contributed by atoms with Gasteiger partial charge in [0.15, 0.2) is 0 Å². The second-order valence-electron chi connectivity index (χ2n) is 3.89. The first-order valence-electron chi connectivity index (χ1n) is 5.42. The summed E-state index contributed by atoms with van der Waals surface area (Å²) >= 11 is 0. The molecule has 0 heterocycles. The monoisotopic (exact) mass is 263 g/mol.